The number of hydrogen-bond donors (Lipinski definition) is 0. The molecule has 0 aromatic rings. The van der Waals surface area contributed by atoms with Crippen LogP contribution in [0.4, 0.5) is 0 Å². The molecule has 2 fully saturated rings. The second-order valence-corrected chi connectivity index (χ2v) is 7.51. The Morgan fingerprint density at radius 1 is 1.00 bits per heavy atom. The minimum atomic E-state index is 0.618. The van der Waals surface area contributed by atoms with E-state index >= 15 is 0 Å². The first-order valence-corrected chi connectivity index (χ1v) is 9.40. The summed E-state index contributed by atoms with van der Waals surface area (Å²) in [7, 11) is 0. The lowest BCUT2D eigenvalue weighted by Gasteiger charge is -2.22. The van der Waals surface area contributed by atoms with Gasteiger partial charge in [-0.05, 0) is 37.0 Å². The monoisotopic (exact) mass is 280 g/mol. The van der Waals surface area contributed by atoms with E-state index < -0.39 is 0 Å². The van der Waals surface area contributed by atoms with Gasteiger partial charge in [-0.25, -0.2) is 0 Å². The third kappa shape index (κ3) is 5.06. The molecule has 0 radical (unpaired) electrons. The van der Waals surface area contributed by atoms with Crippen LogP contribution in [-0.2, 0) is 4.74 Å². The Morgan fingerprint density at radius 3 is 2.55 bits per heavy atom. The Balaban J connectivity index is 1.65. The lowest BCUT2D eigenvalue weighted by atomic mass is 9.83. The number of ether oxygens (including phenoxy) is 1. The second kappa shape index (κ2) is 8.41. The molecule has 5 unspecified atom stereocenters. The molecule has 2 aliphatic rings. The maximum absolute atomic E-state index is 5.99. The molecule has 1 aliphatic heterocycles. The van der Waals surface area contributed by atoms with Crippen LogP contribution in [0.5, 0.6) is 0 Å². The Hall–Kier alpha value is -0.0400. The molecule has 1 aliphatic carbocycles. The van der Waals surface area contributed by atoms with Crippen LogP contribution in [0.3, 0.4) is 0 Å². The van der Waals surface area contributed by atoms with Crippen molar-refractivity contribution in [3.8, 4) is 0 Å². The highest BCUT2D eigenvalue weighted by molar-refractivity contribution is 4.90. The minimum Gasteiger partial charge on any atom is -0.369 e. The summed E-state index contributed by atoms with van der Waals surface area (Å²) in [6.45, 7) is 7.07. The van der Waals surface area contributed by atoms with E-state index in [-0.39, 0.29) is 0 Å². The smallest absolute Gasteiger partial charge is 0.0869 e. The fourth-order valence-electron chi connectivity index (χ4n) is 4.20. The molecule has 2 rings (SSSR count). The Morgan fingerprint density at radius 2 is 1.80 bits per heavy atom. The summed E-state index contributed by atoms with van der Waals surface area (Å²) in [6, 6.07) is 0. The zero-order valence-electron chi connectivity index (χ0n) is 14.1. The van der Waals surface area contributed by atoms with E-state index in [0.717, 1.165) is 17.8 Å². The highest BCUT2D eigenvalue weighted by atomic mass is 16.6. The first kappa shape index (κ1) is 16.3. The summed E-state index contributed by atoms with van der Waals surface area (Å²) >= 11 is 0. The van der Waals surface area contributed by atoms with Gasteiger partial charge in [-0.3, -0.25) is 0 Å². The molecule has 118 valence electrons. The second-order valence-electron chi connectivity index (χ2n) is 7.51. The number of rotatable bonds is 7. The molecule has 1 nitrogen and oxygen atoms in total. The van der Waals surface area contributed by atoms with Crippen molar-refractivity contribution >= 4 is 0 Å². The normalized spacial score (nSPS) is 36.1. The average Bonchev–Trinajstić information content (AvgIpc) is 3.19. The summed E-state index contributed by atoms with van der Waals surface area (Å²) in [5.74, 6) is 2.80. The zero-order valence-corrected chi connectivity index (χ0v) is 14.1. The van der Waals surface area contributed by atoms with Gasteiger partial charge in [0.2, 0.25) is 0 Å². The molecule has 1 saturated carbocycles. The van der Waals surface area contributed by atoms with Crippen LogP contribution < -0.4 is 0 Å². The first-order valence-electron chi connectivity index (χ1n) is 9.40. The molecule has 1 heteroatoms. The molecule has 5 atom stereocenters. The molecule has 0 bridgehead atoms. The molecule has 1 heterocycles. The number of epoxide rings is 1. The first-order chi connectivity index (χ1) is 9.74. The molecule has 0 amide bonds. The van der Waals surface area contributed by atoms with Crippen molar-refractivity contribution in [1.82, 2.24) is 0 Å². The van der Waals surface area contributed by atoms with Crippen molar-refractivity contribution in [2.24, 2.45) is 17.8 Å². The quantitative estimate of drug-likeness (QED) is 0.524. The third-order valence-electron chi connectivity index (χ3n) is 5.76. The summed E-state index contributed by atoms with van der Waals surface area (Å²) in [4.78, 5) is 0. The summed E-state index contributed by atoms with van der Waals surface area (Å²) in [5.41, 5.74) is 0. The standard InChI is InChI=1S/C19H36O/c1-4-8-17(5-2)19-18(20-19)14-13-16-10-7-6-9-15(3)11-12-16/h15-19H,4-14H2,1-3H3. The van der Waals surface area contributed by atoms with E-state index in [1.165, 1.54) is 70.6 Å². The van der Waals surface area contributed by atoms with E-state index in [1.54, 1.807) is 0 Å². The fraction of sp³-hybridized carbons (Fsp3) is 1.00. The van der Waals surface area contributed by atoms with Crippen LogP contribution >= 0.6 is 0 Å². The summed E-state index contributed by atoms with van der Waals surface area (Å²) in [6.07, 6.45) is 16.8. The Labute approximate surface area is 126 Å². The molecule has 1 saturated heterocycles. The molecular weight excluding hydrogens is 244 g/mol. The van der Waals surface area contributed by atoms with Gasteiger partial charge >= 0.3 is 0 Å². The van der Waals surface area contributed by atoms with Crippen molar-refractivity contribution in [2.75, 3.05) is 0 Å². The highest BCUT2D eigenvalue weighted by Gasteiger charge is 2.43. The van der Waals surface area contributed by atoms with E-state index in [9.17, 15) is 0 Å². The fourth-order valence-corrected chi connectivity index (χ4v) is 4.20. The van der Waals surface area contributed by atoms with Crippen LogP contribution in [0.15, 0.2) is 0 Å². The largest absolute Gasteiger partial charge is 0.369 e. The van der Waals surface area contributed by atoms with Crippen molar-refractivity contribution in [2.45, 2.75) is 104 Å². The molecule has 0 aromatic carbocycles. The van der Waals surface area contributed by atoms with Gasteiger partial charge in [0.1, 0.15) is 0 Å². The van der Waals surface area contributed by atoms with Crippen molar-refractivity contribution < 1.29 is 4.74 Å². The van der Waals surface area contributed by atoms with Gasteiger partial charge < -0.3 is 4.74 Å². The van der Waals surface area contributed by atoms with Gasteiger partial charge in [-0.15, -0.1) is 0 Å². The predicted octanol–water partition coefficient (Wildman–Crippen LogP) is 5.97. The van der Waals surface area contributed by atoms with E-state index in [4.69, 9.17) is 4.74 Å². The molecule has 20 heavy (non-hydrogen) atoms. The lowest BCUT2D eigenvalue weighted by Crippen LogP contribution is -2.12. The molecule has 0 spiro atoms. The Bertz CT molecular complexity index is 262. The van der Waals surface area contributed by atoms with Crippen LogP contribution in [0.1, 0.15) is 91.4 Å². The maximum Gasteiger partial charge on any atom is 0.0869 e. The van der Waals surface area contributed by atoms with Gasteiger partial charge in [0, 0.05) is 0 Å². The van der Waals surface area contributed by atoms with E-state index in [1.807, 2.05) is 0 Å². The van der Waals surface area contributed by atoms with Crippen molar-refractivity contribution in [3.05, 3.63) is 0 Å². The summed E-state index contributed by atoms with van der Waals surface area (Å²) < 4.78 is 5.99. The topological polar surface area (TPSA) is 12.5 Å². The van der Waals surface area contributed by atoms with Crippen molar-refractivity contribution in [1.29, 1.82) is 0 Å². The molecular formula is C19H36O. The van der Waals surface area contributed by atoms with Crippen LogP contribution in [-0.4, -0.2) is 12.2 Å². The zero-order chi connectivity index (χ0) is 14.4. The lowest BCUT2D eigenvalue weighted by molar-refractivity contribution is 0.280. The van der Waals surface area contributed by atoms with E-state index in [2.05, 4.69) is 20.8 Å². The average molecular weight is 280 g/mol. The summed E-state index contributed by atoms with van der Waals surface area (Å²) in [5, 5.41) is 0. The van der Waals surface area contributed by atoms with Crippen molar-refractivity contribution in [3.63, 3.8) is 0 Å². The SMILES string of the molecule is CCCC(CC)C1OC1CCC1CCCCC(C)CC1. The third-order valence-corrected chi connectivity index (χ3v) is 5.76. The van der Waals surface area contributed by atoms with Crippen LogP contribution in [0, 0.1) is 17.8 Å². The van der Waals surface area contributed by atoms with Gasteiger partial charge in [-0.2, -0.15) is 0 Å². The van der Waals surface area contributed by atoms with Crippen LogP contribution in [0.2, 0.25) is 0 Å². The van der Waals surface area contributed by atoms with Gasteiger partial charge in [0.25, 0.3) is 0 Å². The molecule has 0 N–H and O–H groups in total. The van der Waals surface area contributed by atoms with Gasteiger partial charge in [0.05, 0.1) is 12.2 Å². The predicted molar refractivity (Wildman–Crippen MR) is 86.9 cm³/mol. The van der Waals surface area contributed by atoms with Gasteiger partial charge in [-0.1, -0.05) is 72.1 Å². The van der Waals surface area contributed by atoms with Gasteiger partial charge in [0.15, 0.2) is 0 Å². The minimum absolute atomic E-state index is 0.618. The number of hydrogen-bond acceptors (Lipinski definition) is 1. The Kier molecular flexibility index (Phi) is 6.87. The maximum atomic E-state index is 5.99. The van der Waals surface area contributed by atoms with Crippen LogP contribution in [0.25, 0.3) is 0 Å². The highest BCUT2D eigenvalue weighted by Crippen LogP contribution is 2.39. The molecule has 0 aromatic heterocycles. The van der Waals surface area contributed by atoms with E-state index in [0.29, 0.717) is 12.2 Å².